The molecule has 0 saturated heterocycles. The average molecular weight is 521 g/mol. The molecule has 0 fully saturated rings. The molecular formula is C24H17F6N5O2. The first-order valence-corrected chi connectivity index (χ1v) is 10.5. The maximum absolute atomic E-state index is 13.4. The molecule has 0 saturated carbocycles. The molecule has 0 spiro atoms. The molecule has 3 aromatic heterocycles. The third-order valence-electron chi connectivity index (χ3n) is 5.80. The van der Waals surface area contributed by atoms with Gasteiger partial charge in [0.15, 0.2) is 5.60 Å². The van der Waals surface area contributed by atoms with Crippen molar-refractivity contribution in [2.45, 2.75) is 24.4 Å². The number of alkyl halides is 6. The number of imidazole rings is 1. The molecule has 0 radical (unpaired) electrons. The highest BCUT2D eigenvalue weighted by atomic mass is 19.4. The number of rotatable bonds is 5. The smallest absolute Gasteiger partial charge is 0.433 e. The number of nitrogens with zero attached hydrogens (tertiary/aromatic N) is 5. The minimum Gasteiger partial charge on any atom is -0.481 e. The normalized spacial score (nSPS) is 13.8. The first-order valence-electron chi connectivity index (χ1n) is 10.5. The van der Waals surface area contributed by atoms with E-state index in [9.17, 15) is 36.7 Å². The second-order valence-corrected chi connectivity index (χ2v) is 8.14. The van der Waals surface area contributed by atoms with E-state index < -0.39 is 35.6 Å². The molecule has 0 amide bonds. The van der Waals surface area contributed by atoms with Crippen LogP contribution in [-0.4, -0.2) is 37.9 Å². The van der Waals surface area contributed by atoms with E-state index in [4.69, 9.17) is 4.74 Å². The summed E-state index contributed by atoms with van der Waals surface area (Å²) in [5.74, 6) is -0.389. The van der Waals surface area contributed by atoms with Gasteiger partial charge in [-0.05, 0) is 35.4 Å². The topological polar surface area (TPSA) is 96.8 Å². The summed E-state index contributed by atoms with van der Waals surface area (Å²) < 4.78 is 86.5. The number of fused-ring (bicyclic) bond motifs is 1. The Morgan fingerprint density at radius 1 is 1.08 bits per heavy atom. The molecular weight excluding hydrogens is 504 g/mol. The van der Waals surface area contributed by atoms with Crippen molar-refractivity contribution >= 4 is 10.9 Å². The summed E-state index contributed by atoms with van der Waals surface area (Å²) in [5, 5.41) is 21.7. The molecule has 13 heteroatoms. The van der Waals surface area contributed by atoms with Crippen molar-refractivity contribution in [2.75, 3.05) is 7.11 Å². The highest BCUT2D eigenvalue weighted by Gasteiger charge is 2.40. The molecule has 0 aliphatic rings. The fourth-order valence-corrected chi connectivity index (χ4v) is 4.15. The molecule has 3 heterocycles. The number of aliphatic hydroxyl groups is 1. The first kappa shape index (κ1) is 25.9. The zero-order chi connectivity index (χ0) is 27.2. The molecule has 37 heavy (non-hydrogen) atoms. The van der Waals surface area contributed by atoms with Crippen molar-refractivity contribution in [3.05, 3.63) is 82.7 Å². The summed E-state index contributed by atoms with van der Waals surface area (Å²) in [6, 6.07) is 7.50. The van der Waals surface area contributed by atoms with Crippen LogP contribution in [0.2, 0.25) is 0 Å². The van der Waals surface area contributed by atoms with Crippen molar-refractivity contribution in [3.63, 3.8) is 0 Å². The third kappa shape index (κ3) is 4.67. The summed E-state index contributed by atoms with van der Waals surface area (Å²) in [7, 11) is 2.63. The largest absolute Gasteiger partial charge is 0.481 e. The van der Waals surface area contributed by atoms with Gasteiger partial charge in [-0.25, -0.2) is 9.97 Å². The number of hydrogen-bond donors (Lipinski definition) is 1. The predicted molar refractivity (Wildman–Crippen MR) is 117 cm³/mol. The fourth-order valence-electron chi connectivity index (χ4n) is 4.15. The summed E-state index contributed by atoms with van der Waals surface area (Å²) in [5.41, 5.74) is -4.55. The van der Waals surface area contributed by atoms with Gasteiger partial charge in [-0.2, -0.15) is 31.6 Å². The lowest BCUT2D eigenvalue weighted by Gasteiger charge is -2.30. The number of benzene rings is 1. The van der Waals surface area contributed by atoms with Gasteiger partial charge in [-0.3, -0.25) is 4.98 Å². The number of ether oxygens (including phenoxy) is 1. The molecule has 1 atom stereocenters. The molecule has 0 aliphatic carbocycles. The molecule has 4 aromatic rings. The average Bonchev–Trinajstić information content (AvgIpc) is 3.27. The van der Waals surface area contributed by atoms with E-state index in [2.05, 4.69) is 15.0 Å². The lowest BCUT2D eigenvalue weighted by atomic mass is 9.82. The van der Waals surface area contributed by atoms with Crippen LogP contribution in [0.3, 0.4) is 0 Å². The van der Waals surface area contributed by atoms with Gasteiger partial charge in [0.2, 0.25) is 5.88 Å². The molecule has 0 bridgehead atoms. The van der Waals surface area contributed by atoms with Crippen LogP contribution in [0.4, 0.5) is 26.3 Å². The first-order chi connectivity index (χ1) is 17.3. The van der Waals surface area contributed by atoms with Gasteiger partial charge in [0, 0.05) is 24.2 Å². The number of aryl methyl sites for hydroxylation is 1. The predicted octanol–water partition coefficient (Wildman–Crippen LogP) is 4.65. The van der Waals surface area contributed by atoms with E-state index in [0.717, 1.165) is 13.3 Å². The standard InChI is InChI=1S/C24H17F6N5O2/c1-35-12-32-11-20(35)23(36,14-5-6-33-19(8-14)24(28,29)30)13-3-4-18-15(7-13)17(10-31)16(9-22(25,26)27)21(34-18)37-2/h3-8,11-12,36H,9H2,1-2H3. The van der Waals surface area contributed by atoms with Crippen LogP contribution >= 0.6 is 0 Å². The Bertz CT molecular complexity index is 1520. The third-order valence-corrected chi connectivity index (χ3v) is 5.80. The molecule has 1 aromatic carbocycles. The zero-order valence-corrected chi connectivity index (χ0v) is 19.2. The quantitative estimate of drug-likeness (QED) is 0.384. The molecule has 192 valence electrons. The van der Waals surface area contributed by atoms with Crippen LogP contribution in [0.5, 0.6) is 5.88 Å². The minimum absolute atomic E-state index is 0.0376. The number of pyridine rings is 2. The van der Waals surface area contributed by atoms with E-state index in [-0.39, 0.29) is 39.2 Å². The van der Waals surface area contributed by atoms with E-state index in [0.29, 0.717) is 6.07 Å². The fraction of sp³-hybridized carbons (Fsp3) is 0.250. The number of aromatic nitrogens is 4. The lowest BCUT2D eigenvalue weighted by Crippen LogP contribution is -2.32. The maximum atomic E-state index is 13.4. The Morgan fingerprint density at radius 2 is 1.78 bits per heavy atom. The van der Waals surface area contributed by atoms with E-state index in [1.807, 2.05) is 0 Å². The number of hydrogen-bond acceptors (Lipinski definition) is 6. The molecule has 0 aliphatic heterocycles. The van der Waals surface area contributed by atoms with Gasteiger partial charge in [-0.15, -0.1) is 0 Å². The zero-order valence-electron chi connectivity index (χ0n) is 19.2. The molecule has 7 nitrogen and oxygen atoms in total. The Balaban J connectivity index is 2.04. The van der Waals surface area contributed by atoms with Gasteiger partial charge in [-0.1, -0.05) is 6.07 Å². The van der Waals surface area contributed by atoms with E-state index >= 15 is 0 Å². The van der Waals surface area contributed by atoms with Crippen molar-refractivity contribution in [1.29, 1.82) is 5.26 Å². The van der Waals surface area contributed by atoms with Crippen LogP contribution in [-0.2, 0) is 25.2 Å². The summed E-state index contributed by atoms with van der Waals surface area (Å²) in [4.78, 5) is 11.4. The van der Waals surface area contributed by atoms with Gasteiger partial charge in [0.25, 0.3) is 0 Å². The molecule has 1 unspecified atom stereocenters. The monoisotopic (exact) mass is 521 g/mol. The second kappa shape index (κ2) is 9.04. The van der Waals surface area contributed by atoms with Crippen LogP contribution in [0.15, 0.2) is 49.1 Å². The Kier molecular flexibility index (Phi) is 6.33. The highest BCUT2D eigenvalue weighted by molar-refractivity contribution is 5.88. The SMILES string of the molecule is COc1nc2ccc(C(O)(c3ccnc(C(F)(F)F)c3)c3cncn3C)cc2c(C#N)c1CC(F)(F)F. The van der Waals surface area contributed by atoms with Crippen LogP contribution in [0.1, 0.15) is 33.6 Å². The van der Waals surface area contributed by atoms with Crippen LogP contribution in [0.25, 0.3) is 10.9 Å². The van der Waals surface area contributed by atoms with E-state index in [1.165, 1.54) is 48.4 Å². The van der Waals surface area contributed by atoms with Crippen molar-refractivity contribution in [2.24, 2.45) is 7.05 Å². The Hall–Kier alpha value is -4.18. The molecule has 1 N–H and O–H groups in total. The number of halogens is 6. The number of methoxy groups -OCH3 is 1. The lowest BCUT2D eigenvalue weighted by molar-refractivity contribution is -0.141. The maximum Gasteiger partial charge on any atom is 0.433 e. The minimum atomic E-state index is -4.81. The van der Waals surface area contributed by atoms with Gasteiger partial charge >= 0.3 is 12.4 Å². The van der Waals surface area contributed by atoms with Gasteiger partial charge < -0.3 is 14.4 Å². The summed E-state index contributed by atoms with van der Waals surface area (Å²) in [6.45, 7) is 0. The molecule has 4 rings (SSSR count). The van der Waals surface area contributed by atoms with Crippen molar-refractivity contribution in [3.8, 4) is 11.9 Å². The van der Waals surface area contributed by atoms with Crippen molar-refractivity contribution in [1.82, 2.24) is 19.5 Å². The van der Waals surface area contributed by atoms with Gasteiger partial charge in [0.1, 0.15) is 11.8 Å². The van der Waals surface area contributed by atoms with Crippen LogP contribution in [0, 0.1) is 11.3 Å². The Labute approximate surface area is 205 Å². The Morgan fingerprint density at radius 3 is 2.35 bits per heavy atom. The number of nitriles is 1. The summed E-state index contributed by atoms with van der Waals surface area (Å²) in [6.07, 6.45) is -7.56. The van der Waals surface area contributed by atoms with Gasteiger partial charge in [0.05, 0.1) is 42.8 Å². The second-order valence-electron chi connectivity index (χ2n) is 8.14. The van der Waals surface area contributed by atoms with Crippen LogP contribution < -0.4 is 4.74 Å². The summed E-state index contributed by atoms with van der Waals surface area (Å²) >= 11 is 0. The van der Waals surface area contributed by atoms with E-state index in [1.54, 1.807) is 6.07 Å². The van der Waals surface area contributed by atoms with Crippen molar-refractivity contribution < 1.29 is 36.2 Å². The highest BCUT2D eigenvalue weighted by Crippen LogP contribution is 2.41.